The molecule has 0 radical (unpaired) electrons. The van der Waals surface area contributed by atoms with E-state index >= 15 is 0 Å². The zero-order valence-electron chi connectivity index (χ0n) is 13.8. The van der Waals surface area contributed by atoms with Crippen molar-refractivity contribution < 1.29 is 9.59 Å². The van der Waals surface area contributed by atoms with E-state index in [-0.39, 0.29) is 23.3 Å². The molecule has 2 aromatic heterocycles. The molecule has 1 atom stereocenters. The number of rotatable bonds is 5. The van der Waals surface area contributed by atoms with Crippen molar-refractivity contribution in [1.29, 1.82) is 0 Å². The number of hydrogen-bond acceptors (Lipinski definition) is 6. The third-order valence-electron chi connectivity index (χ3n) is 3.38. The minimum absolute atomic E-state index is 0.0968. The molecule has 0 fully saturated rings. The van der Waals surface area contributed by atoms with Crippen LogP contribution in [0.4, 0.5) is 0 Å². The minimum Gasteiger partial charge on any atom is -0.292 e. The fourth-order valence-electron chi connectivity index (χ4n) is 2.04. The van der Waals surface area contributed by atoms with Crippen molar-refractivity contribution in [2.24, 2.45) is 11.3 Å². The standard InChI is InChI=1S/C17H20N4O2/c1-11(14(22)13-10-18-7-8-19-13)9-12-5-6-20-16(21-12)15(23)17(2,3)4/h5-8,10-11H,9H2,1-4H3. The molecule has 2 rings (SSSR count). The number of ketones is 2. The first-order chi connectivity index (χ1) is 10.8. The second-order valence-electron chi connectivity index (χ2n) is 6.51. The van der Waals surface area contributed by atoms with Gasteiger partial charge in [0.05, 0.1) is 6.20 Å². The first-order valence-corrected chi connectivity index (χ1v) is 7.46. The molecule has 23 heavy (non-hydrogen) atoms. The summed E-state index contributed by atoms with van der Waals surface area (Å²) in [6, 6.07) is 1.72. The van der Waals surface area contributed by atoms with Crippen molar-refractivity contribution in [2.75, 3.05) is 0 Å². The Bertz CT molecular complexity index is 708. The fraction of sp³-hybridized carbons (Fsp3) is 0.412. The minimum atomic E-state index is -0.542. The molecule has 2 aromatic rings. The summed E-state index contributed by atoms with van der Waals surface area (Å²) in [7, 11) is 0. The summed E-state index contributed by atoms with van der Waals surface area (Å²) in [5.41, 5.74) is 0.456. The van der Waals surface area contributed by atoms with Gasteiger partial charge in [0.2, 0.25) is 5.78 Å². The molecule has 0 N–H and O–H groups in total. The molecular weight excluding hydrogens is 292 g/mol. The van der Waals surface area contributed by atoms with E-state index in [1.165, 1.54) is 18.6 Å². The van der Waals surface area contributed by atoms with Gasteiger partial charge in [-0.3, -0.25) is 14.6 Å². The highest BCUT2D eigenvalue weighted by atomic mass is 16.1. The maximum atomic E-state index is 12.3. The Labute approximate surface area is 135 Å². The lowest BCUT2D eigenvalue weighted by Crippen LogP contribution is -2.23. The average Bonchev–Trinajstić information content (AvgIpc) is 2.53. The fourth-order valence-corrected chi connectivity index (χ4v) is 2.04. The molecular formula is C17H20N4O2. The van der Waals surface area contributed by atoms with Crippen molar-refractivity contribution in [3.05, 3.63) is 48.1 Å². The first-order valence-electron chi connectivity index (χ1n) is 7.46. The SMILES string of the molecule is CC(Cc1ccnc(C(=O)C(C)(C)C)n1)C(=O)c1cnccn1. The van der Waals surface area contributed by atoms with Gasteiger partial charge in [-0.2, -0.15) is 0 Å². The van der Waals surface area contributed by atoms with Crippen LogP contribution in [0, 0.1) is 11.3 Å². The second kappa shape index (κ2) is 6.73. The van der Waals surface area contributed by atoms with E-state index < -0.39 is 5.41 Å². The largest absolute Gasteiger partial charge is 0.292 e. The van der Waals surface area contributed by atoms with E-state index in [0.717, 1.165) is 0 Å². The molecule has 0 saturated carbocycles. The summed E-state index contributed by atoms with van der Waals surface area (Å²) in [6.07, 6.45) is 6.44. The summed E-state index contributed by atoms with van der Waals surface area (Å²) in [6.45, 7) is 7.28. The number of nitrogens with zero attached hydrogens (tertiary/aromatic N) is 4. The highest BCUT2D eigenvalue weighted by Crippen LogP contribution is 2.19. The number of hydrogen-bond donors (Lipinski definition) is 0. The average molecular weight is 312 g/mol. The lowest BCUT2D eigenvalue weighted by atomic mass is 9.90. The molecule has 0 aromatic carbocycles. The number of carbonyl (C=O) groups excluding carboxylic acids is 2. The lowest BCUT2D eigenvalue weighted by molar-refractivity contribution is 0.0846. The van der Waals surface area contributed by atoms with Gasteiger partial charge in [0.1, 0.15) is 5.69 Å². The van der Waals surface area contributed by atoms with Crippen LogP contribution in [0.2, 0.25) is 0 Å². The number of aromatic nitrogens is 4. The molecule has 6 heteroatoms. The van der Waals surface area contributed by atoms with Gasteiger partial charge in [0, 0.05) is 35.6 Å². The Morgan fingerprint density at radius 3 is 2.48 bits per heavy atom. The van der Waals surface area contributed by atoms with Crippen LogP contribution < -0.4 is 0 Å². The van der Waals surface area contributed by atoms with Gasteiger partial charge >= 0.3 is 0 Å². The second-order valence-corrected chi connectivity index (χ2v) is 6.51. The predicted molar refractivity (Wildman–Crippen MR) is 85.0 cm³/mol. The smallest absolute Gasteiger partial charge is 0.205 e. The number of carbonyl (C=O) groups is 2. The van der Waals surface area contributed by atoms with Crippen molar-refractivity contribution in [3.8, 4) is 0 Å². The van der Waals surface area contributed by atoms with Crippen LogP contribution in [0.5, 0.6) is 0 Å². The van der Waals surface area contributed by atoms with Gasteiger partial charge in [-0.15, -0.1) is 0 Å². The summed E-state index contributed by atoms with van der Waals surface area (Å²) < 4.78 is 0. The van der Waals surface area contributed by atoms with E-state index in [9.17, 15) is 9.59 Å². The lowest BCUT2D eigenvalue weighted by Gasteiger charge is -2.15. The Morgan fingerprint density at radius 1 is 1.13 bits per heavy atom. The Hall–Kier alpha value is -2.50. The molecule has 0 spiro atoms. The molecule has 0 aliphatic heterocycles. The van der Waals surface area contributed by atoms with Crippen LogP contribution >= 0.6 is 0 Å². The summed E-state index contributed by atoms with van der Waals surface area (Å²) in [5.74, 6) is -0.332. The highest BCUT2D eigenvalue weighted by Gasteiger charge is 2.26. The van der Waals surface area contributed by atoms with Crippen LogP contribution in [0.3, 0.4) is 0 Å². The number of Topliss-reactive ketones (excluding diaryl/α,β-unsaturated/α-hetero) is 2. The van der Waals surface area contributed by atoms with E-state index in [1.54, 1.807) is 12.3 Å². The Balaban J connectivity index is 2.14. The van der Waals surface area contributed by atoms with Gasteiger partial charge in [-0.05, 0) is 12.5 Å². The van der Waals surface area contributed by atoms with Crippen molar-refractivity contribution in [1.82, 2.24) is 19.9 Å². The van der Waals surface area contributed by atoms with Crippen molar-refractivity contribution in [3.63, 3.8) is 0 Å². The van der Waals surface area contributed by atoms with E-state index in [1.807, 2.05) is 27.7 Å². The Kier molecular flexibility index (Phi) is 4.93. The van der Waals surface area contributed by atoms with E-state index in [2.05, 4.69) is 19.9 Å². The molecule has 1 unspecified atom stereocenters. The van der Waals surface area contributed by atoms with Gasteiger partial charge in [-0.1, -0.05) is 27.7 Å². The molecule has 120 valence electrons. The molecule has 2 heterocycles. The molecule has 0 amide bonds. The van der Waals surface area contributed by atoms with Crippen LogP contribution in [-0.2, 0) is 6.42 Å². The van der Waals surface area contributed by atoms with Gasteiger partial charge in [0.15, 0.2) is 11.6 Å². The van der Waals surface area contributed by atoms with E-state index in [4.69, 9.17) is 0 Å². The molecule has 0 aliphatic carbocycles. The molecule has 0 aliphatic rings. The monoisotopic (exact) mass is 312 g/mol. The maximum absolute atomic E-state index is 12.3. The van der Waals surface area contributed by atoms with E-state index in [0.29, 0.717) is 17.8 Å². The maximum Gasteiger partial charge on any atom is 0.205 e. The van der Waals surface area contributed by atoms with Gasteiger partial charge in [0.25, 0.3) is 0 Å². The zero-order chi connectivity index (χ0) is 17.0. The van der Waals surface area contributed by atoms with Crippen LogP contribution in [-0.4, -0.2) is 31.5 Å². The van der Waals surface area contributed by atoms with Crippen LogP contribution in [0.25, 0.3) is 0 Å². The third kappa shape index (κ3) is 4.25. The molecule has 0 saturated heterocycles. The molecule has 0 bridgehead atoms. The highest BCUT2D eigenvalue weighted by molar-refractivity contribution is 5.97. The molecule has 6 nitrogen and oxygen atoms in total. The Morgan fingerprint density at radius 2 is 1.87 bits per heavy atom. The summed E-state index contributed by atoms with van der Waals surface area (Å²) >= 11 is 0. The van der Waals surface area contributed by atoms with Crippen LogP contribution in [0.15, 0.2) is 30.9 Å². The first kappa shape index (κ1) is 16.9. The summed E-state index contributed by atoms with van der Waals surface area (Å²) in [4.78, 5) is 40.8. The quantitative estimate of drug-likeness (QED) is 0.789. The summed E-state index contributed by atoms with van der Waals surface area (Å²) in [5, 5.41) is 0. The topological polar surface area (TPSA) is 85.7 Å². The van der Waals surface area contributed by atoms with Crippen molar-refractivity contribution >= 4 is 11.6 Å². The van der Waals surface area contributed by atoms with Gasteiger partial charge in [-0.25, -0.2) is 15.0 Å². The van der Waals surface area contributed by atoms with Crippen LogP contribution in [0.1, 0.15) is 54.5 Å². The van der Waals surface area contributed by atoms with Gasteiger partial charge < -0.3 is 0 Å². The third-order valence-corrected chi connectivity index (χ3v) is 3.38. The zero-order valence-corrected chi connectivity index (χ0v) is 13.8. The normalized spacial score (nSPS) is 12.7. The van der Waals surface area contributed by atoms with Crippen molar-refractivity contribution in [2.45, 2.75) is 34.1 Å². The predicted octanol–water partition coefficient (Wildman–Crippen LogP) is 2.56.